The van der Waals surface area contributed by atoms with Gasteiger partial charge in [0.2, 0.25) is 17.8 Å². The quantitative estimate of drug-likeness (QED) is 0.760. The minimum absolute atomic E-state index is 0.0589. The van der Waals surface area contributed by atoms with Crippen molar-refractivity contribution in [3.63, 3.8) is 0 Å². The highest BCUT2D eigenvalue weighted by Crippen LogP contribution is 2.36. The van der Waals surface area contributed by atoms with Crippen molar-refractivity contribution in [1.82, 2.24) is 9.97 Å². The number of amides is 2. The van der Waals surface area contributed by atoms with Gasteiger partial charge in [0.1, 0.15) is 17.5 Å². The van der Waals surface area contributed by atoms with Crippen molar-refractivity contribution < 1.29 is 14.0 Å². The van der Waals surface area contributed by atoms with Gasteiger partial charge in [0, 0.05) is 25.2 Å². The number of fused-ring (bicyclic) bond motifs is 1. The molecule has 1 aromatic heterocycles. The number of nitrogens with zero attached hydrogens (tertiary/aromatic N) is 3. The van der Waals surface area contributed by atoms with Crippen molar-refractivity contribution >= 4 is 35.1 Å². The van der Waals surface area contributed by atoms with Gasteiger partial charge in [-0.2, -0.15) is 9.97 Å². The number of carbonyl (C=O) groups is 2. The lowest BCUT2D eigenvalue weighted by molar-refractivity contribution is -0.123. The van der Waals surface area contributed by atoms with E-state index in [0.29, 0.717) is 17.2 Å². The fourth-order valence-electron chi connectivity index (χ4n) is 3.43. The van der Waals surface area contributed by atoms with Gasteiger partial charge in [-0.05, 0) is 37.1 Å². The zero-order valence-corrected chi connectivity index (χ0v) is 14.5. The Morgan fingerprint density at radius 2 is 1.93 bits per heavy atom. The Morgan fingerprint density at radius 3 is 2.63 bits per heavy atom. The monoisotopic (exact) mass is 370 g/mol. The van der Waals surface area contributed by atoms with Crippen molar-refractivity contribution in [3.8, 4) is 0 Å². The largest absolute Gasteiger partial charge is 0.383 e. The molecule has 3 heterocycles. The van der Waals surface area contributed by atoms with Crippen LogP contribution in [0.4, 0.5) is 27.7 Å². The summed E-state index contributed by atoms with van der Waals surface area (Å²) in [5, 5.41) is 5.38. The lowest BCUT2D eigenvalue weighted by Gasteiger charge is -2.26. The van der Waals surface area contributed by atoms with Crippen LogP contribution in [-0.2, 0) is 9.59 Å². The molecule has 8 nitrogen and oxygen atoms in total. The highest BCUT2D eigenvalue weighted by molar-refractivity contribution is 6.05. The number of hydrogen-bond acceptors (Lipinski definition) is 6. The van der Waals surface area contributed by atoms with E-state index in [1.807, 2.05) is 4.90 Å². The second-order valence-corrected chi connectivity index (χ2v) is 6.67. The van der Waals surface area contributed by atoms with Crippen molar-refractivity contribution in [3.05, 3.63) is 35.6 Å². The van der Waals surface area contributed by atoms with Crippen LogP contribution in [0.5, 0.6) is 0 Å². The molecule has 0 aliphatic carbocycles. The van der Waals surface area contributed by atoms with Gasteiger partial charge in [-0.1, -0.05) is 0 Å². The van der Waals surface area contributed by atoms with Crippen molar-refractivity contribution in [1.29, 1.82) is 0 Å². The number of aromatic nitrogens is 2. The van der Waals surface area contributed by atoms with Crippen LogP contribution in [0.2, 0.25) is 0 Å². The number of nitrogens with two attached hydrogens (primary N) is 1. The smallest absolute Gasteiger partial charge is 0.232 e. The van der Waals surface area contributed by atoms with Gasteiger partial charge in [-0.25, -0.2) is 4.39 Å². The molecule has 2 aliphatic rings. The van der Waals surface area contributed by atoms with E-state index in [2.05, 4.69) is 20.6 Å². The van der Waals surface area contributed by atoms with E-state index >= 15 is 0 Å². The molecular weight excluding hydrogens is 351 g/mol. The molecule has 140 valence electrons. The topological polar surface area (TPSA) is 113 Å². The molecule has 0 radical (unpaired) electrons. The molecule has 0 unspecified atom stereocenters. The molecule has 27 heavy (non-hydrogen) atoms. The summed E-state index contributed by atoms with van der Waals surface area (Å²) in [6.07, 6.45) is 2.04. The van der Waals surface area contributed by atoms with Crippen LogP contribution in [0, 0.1) is 5.82 Å². The first-order valence-electron chi connectivity index (χ1n) is 8.80. The lowest BCUT2D eigenvalue weighted by atomic mass is 9.92. The van der Waals surface area contributed by atoms with Gasteiger partial charge < -0.3 is 21.3 Å². The Morgan fingerprint density at radius 1 is 1.22 bits per heavy atom. The average molecular weight is 370 g/mol. The molecule has 0 spiro atoms. The minimum Gasteiger partial charge on any atom is -0.383 e. The van der Waals surface area contributed by atoms with E-state index in [-0.39, 0.29) is 24.0 Å². The lowest BCUT2D eigenvalue weighted by Crippen LogP contribution is -2.33. The summed E-state index contributed by atoms with van der Waals surface area (Å²) in [6.45, 7) is 1.67. The molecule has 0 saturated carbocycles. The van der Waals surface area contributed by atoms with E-state index in [0.717, 1.165) is 25.9 Å². The predicted molar refractivity (Wildman–Crippen MR) is 98.9 cm³/mol. The van der Waals surface area contributed by atoms with Crippen LogP contribution in [0.3, 0.4) is 0 Å². The summed E-state index contributed by atoms with van der Waals surface area (Å²) < 4.78 is 13.0. The average Bonchev–Trinajstić information content (AvgIpc) is 3.17. The fourth-order valence-corrected chi connectivity index (χ4v) is 3.43. The van der Waals surface area contributed by atoms with E-state index < -0.39 is 17.6 Å². The summed E-state index contributed by atoms with van der Waals surface area (Å²) in [4.78, 5) is 35.7. The van der Waals surface area contributed by atoms with Gasteiger partial charge in [0.25, 0.3) is 0 Å². The maximum absolute atomic E-state index is 13.0. The number of benzene rings is 1. The zero-order valence-electron chi connectivity index (χ0n) is 14.5. The summed E-state index contributed by atoms with van der Waals surface area (Å²) in [5.41, 5.74) is 6.98. The molecule has 9 heteroatoms. The first kappa shape index (κ1) is 17.2. The second-order valence-electron chi connectivity index (χ2n) is 6.67. The van der Waals surface area contributed by atoms with E-state index in [1.165, 1.54) is 24.3 Å². The molecular formula is C18H19FN6O2. The van der Waals surface area contributed by atoms with Crippen LogP contribution < -0.4 is 21.3 Å². The summed E-state index contributed by atoms with van der Waals surface area (Å²) in [6, 6.07) is 5.40. The fraction of sp³-hybridized carbons (Fsp3) is 0.333. The van der Waals surface area contributed by atoms with Crippen LogP contribution in [0.15, 0.2) is 24.3 Å². The first-order valence-corrected chi connectivity index (χ1v) is 8.80. The highest BCUT2D eigenvalue weighted by Gasteiger charge is 2.35. The van der Waals surface area contributed by atoms with Gasteiger partial charge in [0.15, 0.2) is 0 Å². The van der Waals surface area contributed by atoms with Gasteiger partial charge in [0.05, 0.1) is 11.5 Å². The molecule has 1 atom stereocenters. The number of halogens is 1. The Labute approximate surface area is 155 Å². The molecule has 2 aliphatic heterocycles. The van der Waals surface area contributed by atoms with Crippen molar-refractivity contribution in [2.24, 2.45) is 0 Å². The Hall–Kier alpha value is -3.23. The Balaban J connectivity index is 1.64. The third kappa shape index (κ3) is 3.40. The van der Waals surface area contributed by atoms with Crippen molar-refractivity contribution in [2.75, 3.05) is 34.4 Å². The van der Waals surface area contributed by atoms with Gasteiger partial charge >= 0.3 is 0 Å². The molecule has 1 aromatic carbocycles. The van der Waals surface area contributed by atoms with E-state index in [9.17, 15) is 14.0 Å². The van der Waals surface area contributed by atoms with Gasteiger partial charge in [-0.15, -0.1) is 0 Å². The minimum atomic E-state index is -0.813. The number of nitrogens with one attached hydrogen (secondary N) is 2. The third-order valence-corrected chi connectivity index (χ3v) is 4.78. The Kier molecular flexibility index (Phi) is 4.35. The molecule has 1 fully saturated rings. The number of rotatable bonds is 3. The molecule has 0 bridgehead atoms. The van der Waals surface area contributed by atoms with Gasteiger partial charge in [-0.3, -0.25) is 9.59 Å². The van der Waals surface area contributed by atoms with Crippen LogP contribution in [0.25, 0.3) is 0 Å². The normalized spacial score (nSPS) is 18.8. The summed E-state index contributed by atoms with van der Waals surface area (Å²) in [5.74, 6) is -1.02. The zero-order chi connectivity index (χ0) is 19.0. The molecule has 2 aromatic rings. The standard InChI is InChI=1S/C18H19FN6O2/c19-10-3-5-11(6-4-10)21-17(27)12-9-13(26)22-16-14(12)15(20)23-18(24-16)25-7-1-2-8-25/h3-6,12H,1-2,7-9H2,(H,21,27)(H3,20,22,23,24,26)/t12-/m0/s1. The molecule has 1 saturated heterocycles. The summed E-state index contributed by atoms with van der Waals surface area (Å²) in [7, 11) is 0. The number of carbonyl (C=O) groups excluding carboxylic acids is 2. The Bertz CT molecular complexity index is 895. The number of anilines is 4. The maximum Gasteiger partial charge on any atom is 0.232 e. The summed E-state index contributed by atoms with van der Waals surface area (Å²) >= 11 is 0. The molecule has 2 amide bonds. The van der Waals surface area contributed by atoms with Crippen LogP contribution >= 0.6 is 0 Å². The SMILES string of the molecule is Nc1nc(N2CCCC2)nc2c1[C@@H](C(=O)Nc1ccc(F)cc1)CC(=O)N2. The molecule has 4 N–H and O–H groups in total. The second kappa shape index (κ2) is 6.82. The van der Waals surface area contributed by atoms with Crippen molar-refractivity contribution in [2.45, 2.75) is 25.2 Å². The third-order valence-electron chi connectivity index (χ3n) is 4.78. The number of nitrogen functional groups attached to an aromatic ring is 1. The first-order chi connectivity index (χ1) is 13.0. The van der Waals surface area contributed by atoms with Crippen LogP contribution in [0.1, 0.15) is 30.7 Å². The predicted octanol–water partition coefficient (Wildman–Crippen LogP) is 1.86. The highest BCUT2D eigenvalue weighted by atomic mass is 19.1. The van der Waals surface area contributed by atoms with E-state index in [1.54, 1.807) is 0 Å². The van der Waals surface area contributed by atoms with E-state index in [4.69, 9.17) is 5.73 Å². The molecule has 4 rings (SSSR count). The van der Waals surface area contributed by atoms with Crippen LogP contribution in [-0.4, -0.2) is 34.9 Å². The maximum atomic E-state index is 13.0. The number of hydrogen-bond donors (Lipinski definition) is 3.